The van der Waals surface area contributed by atoms with Crippen LogP contribution in [-0.4, -0.2) is 18.3 Å². The highest BCUT2D eigenvalue weighted by molar-refractivity contribution is 5.60. The fourth-order valence-electron chi connectivity index (χ4n) is 2.17. The number of ether oxygens (including phenoxy) is 1. The summed E-state index contributed by atoms with van der Waals surface area (Å²) < 4.78 is 5.30. The molecule has 0 spiro atoms. The first kappa shape index (κ1) is 11.2. The SMILES string of the molecule is COc1ccccc1/C=C1\CCCC[C@@H]1O. The Bertz CT molecular complexity index is 382. The molecule has 1 saturated carbocycles. The van der Waals surface area contributed by atoms with Crippen LogP contribution in [-0.2, 0) is 0 Å². The van der Waals surface area contributed by atoms with Gasteiger partial charge in [0.15, 0.2) is 0 Å². The average Bonchev–Trinajstić information content (AvgIpc) is 2.33. The molecular formula is C14H18O2. The van der Waals surface area contributed by atoms with E-state index in [1.54, 1.807) is 7.11 Å². The predicted octanol–water partition coefficient (Wildman–Crippen LogP) is 3.01. The average molecular weight is 218 g/mol. The van der Waals surface area contributed by atoms with E-state index in [0.29, 0.717) is 0 Å². The van der Waals surface area contributed by atoms with Gasteiger partial charge in [0.2, 0.25) is 0 Å². The molecule has 0 unspecified atom stereocenters. The number of methoxy groups -OCH3 is 1. The van der Waals surface area contributed by atoms with E-state index in [0.717, 1.165) is 36.1 Å². The van der Waals surface area contributed by atoms with Gasteiger partial charge in [-0.2, -0.15) is 0 Å². The van der Waals surface area contributed by atoms with Gasteiger partial charge in [-0.3, -0.25) is 0 Å². The Morgan fingerprint density at radius 1 is 1.31 bits per heavy atom. The minimum atomic E-state index is -0.265. The molecule has 2 nitrogen and oxygen atoms in total. The highest BCUT2D eigenvalue weighted by Gasteiger charge is 2.16. The van der Waals surface area contributed by atoms with Gasteiger partial charge in [-0.15, -0.1) is 0 Å². The molecule has 0 bridgehead atoms. The summed E-state index contributed by atoms with van der Waals surface area (Å²) in [6, 6.07) is 7.91. The summed E-state index contributed by atoms with van der Waals surface area (Å²) in [5.41, 5.74) is 2.19. The first-order valence-corrected chi connectivity index (χ1v) is 5.83. The summed E-state index contributed by atoms with van der Waals surface area (Å²) in [7, 11) is 1.68. The van der Waals surface area contributed by atoms with Gasteiger partial charge in [-0.25, -0.2) is 0 Å². The molecular weight excluding hydrogens is 200 g/mol. The molecule has 1 fully saturated rings. The van der Waals surface area contributed by atoms with Crippen molar-refractivity contribution in [2.24, 2.45) is 0 Å². The highest BCUT2D eigenvalue weighted by atomic mass is 16.5. The van der Waals surface area contributed by atoms with E-state index in [-0.39, 0.29) is 6.10 Å². The van der Waals surface area contributed by atoms with Gasteiger partial charge in [-0.05, 0) is 37.0 Å². The van der Waals surface area contributed by atoms with Crippen LogP contribution in [0.25, 0.3) is 6.08 Å². The third kappa shape index (κ3) is 2.45. The van der Waals surface area contributed by atoms with Crippen LogP contribution in [0.4, 0.5) is 0 Å². The number of benzene rings is 1. The Morgan fingerprint density at radius 3 is 2.88 bits per heavy atom. The number of aliphatic hydroxyl groups is 1. The molecule has 0 saturated heterocycles. The summed E-state index contributed by atoms with van der Waals surface area (Å²) in [6.07, 6.45) is 6.00. The molecule has 0 amide bonds. The molecule has 0 heterocycles. The van der Waals surface area contributed by atoms with Crippen LogP contribution < -0.4 is 4.74 Å². The lowest BCUT2D eigenvalue weighted by atomic mass is 9.90. The summed E-state index contributed by atoms with van der Waals surface area (Å²) >= 11 is 0. The van der Waals surface area contributed by atoms with Crippen LogP contribution in [0.3, 0.4) is 0 Å². The Hall–Kier alpha value is -1.28. The van der Waals surface area contributed by atoms with E-state index >= 15 is 0 Å². The van der Waals surface area contributed by atoms with Gasteiger partial charge < -0.3 is 9.84 Å². The van der Waals surface area contributed by atoms with Crippen molar-refractivity contribution in [3.63, 3.8) is 0 Å². The summed E-state index contributed by atoms with van der Waals surface area (Å²) in [6.45, 7) is 0. The standard InChI is InChI=1S/C14H18O2/c1-16-14-9-5-3-7-12(14)10-11-6-2-4-8-13(11)15/h3,5,7,9-10,13,15H,2,4,6,8H2,1H3/b11-10+/t13-/m0/s1. The summed E-state index contributed by atoms with van der Waals surface area (Å²) in [5.74, 6) is 0.868. The first-order chi connectivity index (χ1) is 7.81. The molecule has 2 rings (SSSR count). The highest BCUT2D eigenvalue weighted by Crippen LogP contribution is 2.28. The number of aliphatic hydroxyl groups excluding tert-OH is 1. The van der Waals surface area contributed by atoms with Crippen LogP contribution in [0.1, 0.15) is 31.2 Å². The molecule has 1 atom stereocenters. The molecule has 1 aliphatic carbocycles. The lowest BCUT2D eigenvalue weighted by Crippen LogP contribution is -2.14. The Balaban J connectivity index is 2.26. The normalized spacial score (nSPS) is 23.4. The van der Waals surface area contributed by atoms with Crippen LogP contribution in [0.15, 0.2) is 29.8 Å². The fourth-order valence-corrected chi connectivity index (χ4v) is 2.17. The van der Waals surface area contributed by atoms with Crippen molar-refractivity contribution in [2.45, 2.75) is 31.8 Å². The van der Waals surface area contributed by atoms with Crippen molar-refractivity contribution in [3.05, 3.63) is 35.4 Å². The fraction of sp³-hybridized carbons (Fsp3) is 0.429. The molecule has 1 aromatic rings. The number of hydrogen-bond donors (Lipinski definition) is 1. The minimum absolute atomic E-state index is 0.265. The van der Waals surface area contributed by atoms with Gasteiger partial charge in [0.1, 0.15) is 5.75 Å². The minimum Gasteiger partial charge on any atom is -0.496 e. The summed E-state index contributed by atoms with van der Waals surface area (Å²) in [4.78, 5) is 0. The zero-order chi connectivity index (χ0) is 11.4. The van der Waals surface area contributed by atoms with E-state index in [4.69, 9.17) is 4.74 Å². The van der Waals surface area contributed by atoms with Crippen molar-refractivity contribution < 1.29 is 9.84 Å². The Labute approximate surface area is 96.6 Å². The van der Waals surface area contributed by atoms with E-state index in [2.05, 4.69) is 6.08 Å². The third-order valence-electron chi connectivity index (χ3n) is 3.10. The Morgan fingerprint density at radius 2 is 2.12 bits per heavy atom. The zero-order valence-corrected chi connectivity index (χ0v) is 9.65. The predicted molar refractivity (Wildman–Crippen MR) is 65.4 cm³/mol. The maximum Gasteiger partial charge on any atom is 0.126 e. The molecule has 2 heteroatoms. The molecule has 0 aliphatic heterocycles. The third-order valence-corrected chi connectivity index (χ3v) is 3.10. The second kappa shape index (κ2) is 5.17. The van der Waals surface area contributed by atoms with E-state index in [1.807, 2.05) is 24.3 Å². The number of hydrogen-bond acceptors (Lipinski definition) is 2. The molecule has 86 valence electrons. The van der Waals surface area contributed by atoms with Crippen molar-refractivity contribution in [3.8, 4) is 5.75 Å². The maximum absolute atomic E-state index is 9.88. The van der Waals surface area contributed by atoms with E-state index in [1.165, 1.54) is 6.42 Å². The molecule has 0 aromatic heterocycles. The molecule has 16 heavy (non-hydrogen) atoms. The van der Waals surface area contributed by atoms with Crippen LogP contribution in [0.2, 0.25) is 0 Å². The lowest BCUT2D eigenvalue weighted by molar-refractivity contribution is 0.180. The van der Waals surface area contributed by atoms with Gasteiger partial charge >= 0.3 is 0 Å². The summed E-state index contributed by atoms with van der Waals surface area (Å²) in [5, 5.41) is 9.88. The van der Waals surface area contributed by atoms with Crippen molar-refractivity contribution in [2.75, 3.05) is 7.11 Å². The monoisotopic (exact) mass is 218 g/mol. The van der Waals surface area contributed by atoms with Crippen LogP contribution in [0.5, 0.6) is 5.75 Å². The number of rotatable bonds is 2. The topological polar surface area (TPSA) is 29.5 Å². The smallest absolute Gasteiger partial charge is 0.126 e. The maximum atomic E-state index is 9.88. The van der Waals surface area contributed by atoms with Crippen molar-refractivity contribution in [1.29, 1.82) is 0 Å². The molecule has 1 aromatic carbocycles. The van der Waals surface area contributed by atoms with Gasteiger partial charge in [0, 0.05) is 5.56 Å². The van der Waals surface area contributed by atoms with E-state index in [9.17, 15) is 5.11 Å². The van der Waals surface area contributed by atoms with Crippen molar-refractivity contribution >= 4 is 6.08 Å². The first-order valence-electron chi connectivity index (χ1n) is 5.83. The van der Waals surface area contributed by atoms with E-state index < -0.39 is 0 Å². The second-order valence-corrected chi connectivity index (χ2v) is 4.22. The quantitative estimate of drug-likeness (QED) is 0.826. The molecule has 0 radical (unpaired) electrons. The zero-order valence-electron chi connectivity index (χ0n) is 9.65. The molecule has 1 aliphatic rings. The van der Waals surface area contributed by atoms with Gasteiger partial charge in [0.05, 0.1) is 13.2 Å². The van der Waals surface area contributed by atoms with Gasteiger partial charge in [-0.1, -0.05) is 24.6 Å². The van der Waals surface area contributed by atoms with Gasteiger partial charge in [0.25, 0.3) is 0 Å². The Kier molecular flexibility index (Phi) is 3.62. The van der Waals surface area contributed by atoms with Crippen molar-refractivity contribution in [1.82, 2.24) is 0 Å². The number of para-hydroxylation sites is 1. The second-order valence-electron chi connectivity index (χ2n) is 4.22. The van der Waals surface area contributed by atoms with Crippen LogP contribution in [0, 0.1) is 0 Å². The largest absolute Gasteiger partial charge is 0.496 e. The van der Waals surface area contributed by atoms with Crippen LogP contribution >= 0.6 is 0 Å². The molecule has 1 N–H and O–H groups in total. The lowest BCUT2D eigenvalue weighted by Gasteiger charge is -2.20.